The molecule has 0 aliphatic heterocycles. The first-order valence-electron chi connectivity index (χ1n) is 5.15. The molecule has 90 valence electrons. The molecule has 0 aliphatic rings. The minimum absolute atomic E-state index is 0.249. The number of phenols is 1. The largest absolute Gasteiger partial charge is 0.508 e. The molecule has 0 spiro atoms. The molecule has 0 amide bonds. The predicted octanol–water partition coefficient (Wildman–Crippen LogP) is 2.13. The zero-order valence-corrected chi connectivity index (χ0v) is 9.72. The second-order valence-electron chi connectivity index (χ2n) is 3.71. The average Bonchev–Trinajstić information content (AvgIpc) is 2.29. The summed E-state index contributed by atoms with van der Waals surface area (Å²) in [6.07, 6.45) is 0. The fourth-order valence-corrected chi connectivity index (χ4v) is 1.17. The van der Waals surface area contributed by atoms with E-state index in [1.165, 1.54) is 0 Å². The van der Waals surface area contributed by atoms with E-state index in [2.05, 4.69) is 0 Å². The van der Waals surface area contributed by atoms with Crippen molar-refractivity contribution in [3.05, 3.63) is 48.0 Å². The van der Waals surface area contributed by atoms with Crippen LogP contribution in [0.25, 0.3) is 0 Å². The molecular weight excluding hydrogens is 214 g/mol. The highest BCUT2D eigenvalue weighted by atomic mass is 16.3. The minimum atomic E-state index is 0.249. The van der Waals surface area contributed by atoms with Gasteiger partial charge in [0.05, 0.1) is 0 Å². The first kappa shape index (κ1) is 12.7. The van der Waals surface area contributed by atoms with Gasteiger partial charge in [-0.3, -0.25) is 0 Å². The smallest absolute Gasteiger partial charge is 0.115 e. The summed E-state index contributed by atoms with van der Waals surface area (Å²) >= 11 is 0. The van der Waals surface area contributed by atoms with Crippen LogP contribution in [0, 0.1) is 6.92 Å². The van der Waals surface area contributed by atoms with Gasteiger partial charge < -0.3 is 22.3 Å². The summed E-state index contributed by atoms with van der Waals surface area (Å²) < 4.78 is 0. The molecule has 0 aliphatic carbocycles. The van der Waals surface area contributed by atoms with Crippen LogP contribution >= 0.6 is 0 Å². The molecule has 2 rings (SSSR count). The number of hydrogen-bond donors (Lipinski definition) is 4. The lowest BCUT2D eigenvalue weighted by molar-refractivity contribution is 0.475. The molecule has 4 heteroatoms. The van der Waals surface area contributed by atoms with E-state index in [0.29, 0.717) is 5.69 Å². The second kappa shape index (κ2) is 5.65. The lowest BCUT2D eigenvalue weighted by atomic mass is 10.2. The molecule has 17 heavy (non-hydrogen) atoms. The molecule has 0 atom stereocenters. The van der Waals surface area contributed by atoms with E-state index in [9.17, 15) is 0 Å². The third kappa shape index (κ3) is 4.34. The van der Waals surface area contributed by atoms with Gasteiger partial charge in [0, 0.05) is 17.1 Å². The van der Waals surface area contributed by atoms with Gasteiger partial charge in [-0.15, -0.1) is 0 Å². The summed E-state index contributed by atoms with van der Waals surface area (Å²) in [5.41, 5.74) is 19.6. The Labute approximate surface area is 101 Å². The number of hydrogen-bond acceptors (Lipinski definition) is 4. The Hall–Kier alpha value is -2.36. The van der Waals surface area contributed by atoms with Crippen molar-refractivity contribution in [3.63, 3.8) is 0 Å². The Morgan fingerprint density at radius 2 is 1.35 bits per heavy atom. The van der Waals surface area contributed by atoms with Crippen molar-refractivity contribution in [2.75, 3.05) is 17.2 Å². The van der Waals surface area contributed by atoms with Crippen molar-refractivity contribution < 1.29 is 5.11 Å². The van der Waals surface area contributed by atoms with E-state index in [1.54, 1.807) is 30.3 Å². The van der Waals surface area contributed by atoms with E-state index < -0.39 is 0 Å². The van der Waals surface area contributed by atoms with Crippen LogP contribution < -0.4 is 17.2 Å². The van der Waals surface area contributed by atoms with Gasteiger partial charge in [-0.2, -0.15) is 0 Å². The predicted molar refractivity (Wildman–Crippen MR) is 72.5 cm³/mol. The van der Waals surface area contributed by atoms with E-state index in [-0.39, 0.29) is 5.75 Å². The Kier molecular flexibility index (Phi) is 4.22. The van der Waals surface area contributed by atoms with Gasteiger partial charge in [0.15, 0.2) is 0 Å². The number of nitrogens with two attached hydrogens (primary N) is 3. The van der Waals surface area contributed by atoms with Crippen LogP contribution in [0.4, 0.5) is 17.1 Å². The van der Waals surface area contributed by atoms with Crippen LogP contribution in [0.15, 0.2) is 42.5 Å². The van der Waals surface area contributed by atoms with Gasteiger partial charge in [-0.05, 0) is 55.0 Å². The fraction of sp³-hybridized carbons (Fsp3) is 0.0769. The number of phenolic OH excluding ortho intramolecular Hbond substituents is 1. The summed E-state index contributed by atoms with van der Waals surface area (Å²) in [5.74, 6) is 0.249. The average molecular weight is 231 g/mol. The molecule has 0 bridgehead atoms. The van der Waals surface area contributed by atoms with Gasteiger partial charge >= 0.3 is 0 Å². The van der Waals surface area contributed by atoms with E-state index in [0.717, 1.165) is 16.9 Å². The monoisotopic (exact) mass is 231 g/mol. The molecular formula is C13H17N3O. The molecule has 2 aromatic rings. The summed E-state index contributed by atoms with van der Waals surface area (Å²) in [4.78, 5) is 0. The molecule has 0 aromatic heterocycles. The highest BCUT2D eigenvalue weighted by Gasteiger charge is 1.90. The van der Waals surface area contributed by atoms with Crippen LogP contribution in [-0.2, 0) is 0 Å². The number of nitrogen functional groups attached to an aromatic ring is 3. The molecule has 7 N–H and O–H groups in total. The van der Waals surface area contributed by atoms with Crippen molar-refractivity contribution in [2.24, 2.45) is 0 Å². The highest BCUT2D eigenvalue weighted by molar-refractivity contribution is 5.54. The molecule has 0 radical (unpaired) electrons. The van der Waals surface area contributed by atoms with Crippen molar-refractivity contribution in [2.45, 2.75) is 6.92 Å². The molecule has 2 aromatic carbocycles. The van der Waals surface area contributed by atoms with Gasteiger partial charge in [-0.25, -0.2) is 0 Å². The van der Waals surface area contributed by atoms with E-state index >= 15 is 0 Å². The van der Waals surface area contributed by atoms with Crippen LogP contribution in [0.2, 0.25) is 0 Å². The van der Waals surface area contributed by atoms with Crippen molar-refractivity contribution in [1.29, 1.82) is 0 Å². The highest BCUT2D eigenvalue weighted by Crippen LogP contribution is 2.13. The number of benzene rings is 2. The molecule has 0 saturated heterocycles. The number of rotatable bonds is 0. The maximum Gasteiger partial charge on any atom is 0.115 e. The Balaban J connectivity index is 0.000000171. The number of aryl methyl sites for hydroxylation is 1. The van der Waals surface area contributed by atoms with Crippen LogP contribution in [0.1, 0.15) is 5.56 Å². The van der Waals surface area contributed by atoms with Crippen LogP contribution in [0.3, 0.4) is 0 Å². The molecule has 0 saturated carbocycles. The molecule has 0 heterocycles. The van der Waals surface area contributed by atoms with Crippen molar-refractivity contribution in [1.82, 2.24) is 0 Å². The Morgan fingerprint density at radius 3 is 1.76 bits per heavy atom. The van der Waals surface area contributed by atoms with Crippen LogP contribution in [0.5, 0.6) is 5.75 Å². The Bertz CT molecular complexity index is 460. The van der Waals surface area contributed by atoms with Gasteiger partial charge in [-0.1, -0.05) is 0 Å². The summed E-state index contributed by atoms with van der Waals surface area (Å²) in [6, 6.07) is 11.9. The van der Waals surface area contributed by atoms with E-state index in [1.807, 2.05) is 19.1 Å². The first-order valence-corrected chi connectivity index (χ1v) is 5.15. The minimum Gasteiger partial charge on any atom is -0.508 e. The Morgan fingerprint density at radius 1 is 0.824 bits per heavy atom. The standard InChI is InChI=1S/C7H10N2.C6H7NO/c1-5-4-6(8)2-3-7(5)9;7-5-1-3-6(8)4-2-5/h2-4H,8-9H2,1H3;1-4,8H,7H2. The maximum absolute atomic E-state index is 8.70. The third-order valence-corrected chi connectivity index (χ3v) is 2.19. The quantitative estimate of drug-likeness (QED) is 0.412. The maximum atomic E-state index is 8.70. The lowest BCUT2D eigenvalue weighted by Crippen LogP contribution is -1.91. The lowest BCUT2D eigenvalue weighted by Gasteiger charge is -1.98. The molecule has 0 fully saturated rings. The van der Waals surface area contributed by atoms with Crippen molar-refractivity contribution >= 4 is 17.1 Å². The zero-order valence-electron chi connectivity index (χ0n) is 9.72. The normalized spacial score (nSPS) is 9.24. The van der Waals surface area contributed by atoms with Crippen molar-refractivity contribution in [3.8, 4) is 5.75 Å². The molecule has 0 unspecified atom stereocenters. The summed E-state index contributed by atoms with van der Waals surface area (Å²) in [7, 11) is 0. The molecule has 4 nitrogen and oxygen atoms in total. The van der Waals surface area contributed by atoms with Gasteiger partial charge in [0.1, 0.15) is 5.75 Å². The van der Waals surface area contributed by atoms with Gasteiger partial charge in [0.2, 0.25) is 0 Å². The first-order chi connectivity index (χ1) is 7.99. The summed E-state index contributed by atoms with van der Waals surface area (Å²) in [5, 5.41) is 8.70. The third-order valence-electron chi connectivity index (χ3n) is 2.19. The van der Waals surface area contributed by atoms with Gasteiger partial charge in [0.25, 0.3) is 0 Å². The summed E-state index contributed by atoms with van der Waals surface area (Å²) in [6.45, 7) is 1.94. The topological polar surface area (TPSA) is 98.3 Å². The SMILES string of the molecule is Cc1cc(N)ccc1N.Nc1ccc(O)cc1. The fourth-order valence-electron chi connectivity index (χ4n) is 1.17. The zero-order chi connectivity index (χ0) is 12.8. The van der Waals surface area contributed by atoms with Crippen LogP contribution in [-0.4, -0.2) is 5.11 Å². The van der Waals surface area contributed by atoms with E-state index in [4.69, 9.17) is 22.3 Å². The number of aromatic hydroxyl groups is 1. The number of anilines is 3. The second-order valence-corrected chi connectivity index (χ2v) is 3.71.